The van der Waals surface area contributed by atoms with Gasteiger partial charge in [0.2, 0.25) is 0 Å². The highest BCUT2D eigenvalue weighted by Gasteiger charge is 2.15. The molecule has 0 saturated carbocycles. The number of thioether (sulfide) groups is 1. The first-order valence-corrected chi connectivity index (χ1v) is 9.63. The van der Waals surface area contributed by atoms with Crippen molar-refractivity contribution in [2.24, 2.45) is 0 Å². The number of rotatable bonds is 5. The summed E-state index contributed by atoms with van der Waals surface area (Å²) < 4.78 is 3.19. The predicted molar refractivity (Wildman–Crippen MR) is 93.4 cm³/mol. The Kier molecular flexibility index (Phi) is 5.43. The van der Waals surface area contributed by atoms with E-state index in [1.54, 1.807) is 0 Å². The molecule has 3 rings (SSSR count). The van der Waals surface area contributed by atoms with Crippen molar-refractivity contribution in [2.75, 3.05) is 37.0 Å². The van der Waals surface area contributed by atoms with E-state index in [2.05, 4.69) is 30.4 Å². The maximum Gasteiger partial charge on any atom is 0.160 e. The van der Waals surface area contributed by atoms with E-state index in [0.717, 1.165) is 41.0 Å². The van der Waals surface area contributed by atoms with E-state index >= 15 is 0 Å². The molecule has 3 heterocycles. The molecule has 0 bridgehead atoms. The van der Waals surface area contributed by atoms with Gasteiger partial charge >= 0.3 is 0 Å². The molecular formula is C14H18BrClN4S. The van der Waals surface area contributed by atoms with Crippen molar-refractivity contribution in [3.05, 3.63) is 22.6 Å². The third-order valence-electron chi connectivity index (χ3n) is 3.69. The van der Waals surface area contributed by atoms with Crippen molar-refractivity contribution in [1.82, 2.24) is 19.4 Å². The van der Waals surface area contributed by atoms with Gasteiger partial charge < -0.3 is 4.57 Å². The van der Waals surface area contributed by atoms with E-state index in [-0.39, 0.29) is 0 Å². The topological polar surface area (TPSA) is 34.0 Å². The highest BCUT2D eigenvalue weighted by molar-refractivity contribution is 9.10. The fourth-order valence-corrected chi connectivity index (χ4v) is 4.08. The van der Waals surface area contributed by atoms with Crippen LogP contribution in [-0.4, -0.2) is 56.5 Å². The summed E-state index contributed by atoms with van der Waals surface area (Å²) in [5.41, 5.74) is 1.91. The zero-order valence-electron chi connectivity index (χ0n) is 11.8. The monoisotopic (exact) mass is 388 g/mol. The van der Waals surface area contributed by atoms with Crippen LogP contribution in [0.1, 0.15) is 5.82 Å². The molecule has 0 spiro atoms. The maximum absolute atomic E-state index is 5.92. The molecule has 114 valence electrons. The largest absolute Gasteiger partial charge is 0.311 e. The lowest BCUT2D eigenvalue weighted by atomic mass is 10.4. The van der Waals surface area contributed by atoms with Gasteiger partial charge in [0.05, 0.1) is 0 Å². The fourth-order valence-electron chi connectivity index (χ4n) is 2.61. The van der Waals surface area contributed by atoms with Crippen molar-refractivity contribution in [2.45, 2.75) is 13.0 Å². The Bertz CT molecular complexity index is 612. The molecule has 0 aromatic carbocycles. The van der Waals surface area contributed by atoms with E-state index in [1.165, 1.54) is 24.6 Å². The van der Waals surface area contributed by atoms with Crippen LogP contribution in [0, 0.1) is 0 Å². The minimum Gasteiger partial charge on any atom is -0.311 e. The van der Waals surface area contributed by atoms with Gasteiger partial charge in [-0.1, -0.05) is 0 Å². The summed E-state index contributed by atoms with van der Waals surface area (Å²) in [6.07, 6.45) is 2.62. The number of aromatic nitrogens is 3. The number of hydrogen-bond donors (Lipinski definition) is 0. The highest BCUT2D eigenvalue weighted by Crippen LogP contribution is 2.19. The van der Waals surface area contributed by atoms with Crippen molar-refractivity contribution >= 4 is 50.5 Å². The van der Waals surface area contributed by atoms with E-state index in [0.29, 0.717) is 5.88 Å². The molecule has 1 aliphatic rings. The number of hydrogen-bond acceptors (Lipinski definition) is 4. The number of fused-ring (bicyclic) bond motifs is 1. The second-order valence-corrected chi connectivity index (χ2v) is 7.59. The minimum atomic E-state index is 0.588. The predicted octanol–water partition coefficient (Wildman–Crippen LogP) is 3.02. The van der Waals surface area contributed by atoms with Crippen LogP contribution in [-0.2, 0) is 13.0 Å². The Morgan fingerprint density at radius 3 is 2.86 bits per heavy atom. The van der Waals surface area contributed by atoms with Gasteiger partial charge in [0.25, 0.3) is 0 Å². The van der Waals surface area contributed by atoms with Gasteiger partial charge in [0.1, 0.15) is 11.3 Å². The van der Waals surface area contributed by atoms with Gasteiger partial charge in [-0.05, 0) is 22.0 Å². The molecule has 7 heteroatoms. The number of alkyl halides is 1. The van der Waals surface area contributed by atoms with Gasteiger partial charge in [0.15, 0.2) is 5.65 Å². The Hall–Kier alpha value is -0.300. The molecule has 4 nitrogen and oxygen atoms in total. The van der Waals surface area contributed by atoms with Crippen molar-refractivity contribution in [1.29, 1.82) is 0 Å². The summed E-state index contributed by atoms with van der Waals surface area (Å²) >= 11 is 11.4. The third kappa shape index (κ3) is 3.73. The highest BCUT2D eigenvalue weighted by atomic mass is 79.9. The average molecular weight is 390 g/mol. The van der Waals surface area contributed by atoms with Crippen LogP contribution in [0.3, 0.4) is 0 Å². The molecule has 0 unspecified atom stereocenters. The minimum absolute atomic E-state index is 0.588. The standard InChI is InChI=1S/C14H18BrClN4S/c15-11-9-12-14(17-10-11)20(13(18-12)1-2-16)4-3-19-5-7-21-8-6-19/h9-10H,1-8H2. The van der Waals surface area contributed by atoms with Crippen LogP contribution in [0.25, 0.3) is 11.2 Å². The van der Waals surface area contributed by atoms with Gasteiger partial charge in [-0.15, -0.1) is 11.6 Å². The van der Waals surface area contributed by atoms with Gasteiger partial charge in [-0.25, -0.2) is 9.97 Å². The third-order valence-corrected chi connectivity index (χ3v) is 5.26. The summed E-state index contributed by atoms with van der Waals surface area (Å²) in [6.45, 7) is 4.35. The Balaban J connectivity index is 1.82. The van der Waals surface area contributed by atoms with Gasteiger partial charge in [-0.2, -0.15) is 11.8 Å². The average Bonchev–Trinajstić information content (AvgIpc) is 2.83. The lowest BCUT2D eigenvalue weighted by Crippen LogP contribution is -2.35. The SMILES string of the molecule is ClCCc1nc2cc(Br)cnc2n1CCN1CCSCC1. The second-order valence-electron chi connectivity index (χ2n) is 5.07. The van der Waals surface area contributed by atoms with E-state index in [9.17, 15) is 0 Å². The van der Waals surface area contributed by atoms with E-state index < -0.39 is 0 Å². The Morgan fingerprint density at radius 1 is 1.29 bits per heavy atom. The molecule has 0 aliphatic carbocycles. The normalized spacial score (nSPS) is 16.7. The molecule has 0 N–H and O–H groups in total. The Morgan fingerprint density at radius 2 is 2.10 bits per heavy atom. The maximum atomic E-state index is 5.92. The van der Waals surface area contributed by atoms with Crippen molar-refractivity contribution in [3.63, 3.8) is 0 Å². The smallest absolute Gasteiger partial charge is 0.160 e. The molecule has 0 radical (unpaired) electrons. The summed E-state index contributed by atoms with van der Waals surface area (Å²) in [5.74, 6) is 4.11. The zero-order valence-corrected chi connectivity index (χ0v) is 14.9. The molecule has 0 atom stereocenters. The van der Waals surface area contributed by atoms with Crippen LogP contribution >= 0.6 is 39.3 Å². The van der Waals surface area contributed by atoms with Crippen LogP contribution in [0.2, 0.25) is 0 Å². The first kappa shape index (κ1) is 15.6. The van der Waals surface area contributed by atoms with Crippen LogP contribution in [0.15, 0.2) is 16.7 Å². The number of aryl methyl sites for hydroxylation is 1. The summed E-state index contributed by atoms with van der Waals surface area (Å²) in [6, 6.07) is 2.02. The van der Waals surface area contributed by atoms with Crippen LogP contribution in [0.4, 0.5) is 0 Å². The lowest BCUT2D eigenvalue weighted by Gasteiger charge is -2.26. The van der Waals surface area contributed by atoms with Crippen molar-refractivity contribution < 1.29 is 0 Å². The second kappa shape index (κ2) is 7.31. The molecule has 2 aromatic heterocycles. The number of halogens is 2. The number of nitrogens with zero attached hydrogens (tertiary/aromatic N) is 4. The van der Waals surface area contributed by atoms with E-state index in [1.807, 2.05) is 24.0 Å². The summed E-state index contributed by atoms with van der Waals surface area (Å²) in [4.78, 5) is 11.7. The summed E-state index contributed by atoms with van der Waals surface area (Å²) in [7, 11) is 0. The quantitative estimate of drug-likeness (QED) is 0.736. The molecule has 0 amide bonds. The molecular weight excluding hydrogens is 372 g/mol. The van der Waals surface area contributed by atoms with Crippen LogP contribution < -0.4 is 0 Å². The first-order valence-electron chi connectivity index (χ1n) is 7.14. The summed E-state index contributed by atoms with van der Waals surface area (Å²) in [5, 5.41) is 0. The molecule has 1 aliphatic heterocycles. The van der Waals surface area contributed by atoms with Crippen molar-refractivity contribution in [3.8, 4) is 0 Å². The van der Waals surface area contributed by atoms with Gasteiger partial charge in [-0.3, -0.25) is 4.90 Å². The van der Waals surface area contributed by atoms with Crippen LogP contribution in [0.5, 0.6) is 0 Å². The fraction of sp³-hybridized carbons (Fsp3) is 0.571. The molecule has 1 fully saturated rings. The number of pyridine rings is 1. The Labute approximate surface area is 142 Å². The lowest BCUT2D eigenvalue weighted by molar-refractivity contribution is 0.289. The number of imidazole rings is 1. The molecule has 2 aromatic rings. The van der Waals surface area contributed by atoms with Gasteiger partial charge in [0, 0.05) is 60.7 Å². The first-order chi connectivity index (χ1) is 10.3. The zero-order chi connectivity index (χ0) is 14.7. The molecule has 21 heavy (non-hydrogen) atoms. The molecule has 1 saturated heterocycles. The van der Waals surface area contributed by atoms with E-state index in [4.69, 9.17) is 16.6 Å².